The molecule has 2 heteroatoms. The van der Waals surface area contributed by atoms with Crippen LogP contribution in [0.25, 0.3) is 0 Å². The van der Waals surface area contributed by atoms with Crippen molar-refractivity contribution in [1.29, 1.82) is 0 Å². The van der Waals surface area contributed by atoms with Crippen molar-refractivity contribution in [3.63, 3.8) is 0 Å². The van der Waals surface area contributed by atoms with Crippen LogP contribution in [0, 0.1) is 26.7 Å². The molecular weight excluding hydrogens is 256 g/mol. The number of nitrogens with one attached hydrogen (secondary N) is 1. The van der Waals surface area contributed by atoms with E-state index >= 15 is 0 Å². The first-order valence-electron chi connectivity index (χ1n) is 8.54. The quantitative estimate of drug-likeness (QED) is 0.910. The van der Waals surface area contributed by atoms with Crippen molar-refractivity contribution in [2.45, 2.75) is 65.1 Å². The highest BCUT2D eigenvalue weighted by atomic mass is 15.2. The fourth-order valence-corrected chi connectivity index (χ4v) is 4.58. The third kappa shape index (κ3) is 3.17. The predicted octanol–water partition coefficient (Wildman–Crippen LogP) is 3.57. The van der Waals surface area contributed by atoms with Gasteiger partial charge in [-0.05, 0) is 82.7 Å². The Morgan fingerprint density at radius 1 is 1.05 bits per heavy atom. The maximum Gasteiger partial charge on any atom is 0.0210 e. The fourth-order valence-electron chi connectivity index (χ4n) is 4.58. The van der Waals surface area contributed by atoms with Crippen LogP contribution in [0.4, 0.5) is 0 Å². The highest BCUT2D eigenvalue weighted by Gasteiger charge is 2.37. The van der Waals surface area contributed by atoms with Crippen molar-refractivity contribution in [2.75, 3.05) is 13.6 Å². The molecule has 2 nitrogen and oxygen atoms in total. The first-order valence-corrected chi connectivity index (χ1v) is 8.54. The van der Waals surface area contributed by atoms with Crippen LogP contribution in [-0.4, -0.2) is 30.6 Å². The lowest BCUT2D eigenvalue weighted by molar-refractivity contribution is 0.133. The Bertz CT molecular complexity index is 471. The summed E-state index contributed by atoms with van der Waals surface area (Å²) in [5.74, 6) is 0.879. The molecule has 2 saturated heterocycles. The van der Waals surface area contributed by atoms with Gasteiger partial charge in [0.2, 0.25) is 0 Å². The number of rotatable bonds is 4. The molecule has 2 heterocycles. The summed E-state index contributed by atoms with van der Waals surface area (Å²) in [5.41, 5.74) is 5.74. The number of hydrogen-bond donors (Lipinski definition) is 1. The lowest BCUT2D eigenvalue weighted by atomic mass is 9.91. The van der Waals surface area contributed by atoms with E-state index in [2.05, 4.69) is 50.2 Å². The topological polar surface area (TPSA) is 15.3 Å². The van der Waals surface area contributed by atoms with Crippen LogP contribution in [0.5, 0.6) is 0 Å². The zero-order chi connectivity index (χ0) is 15.0. The molecule has 21 heavy (non-hydrogen) atoms. The van der Waals surface area contributed by atoms with E-state index in [1.54, 1.807) is 0 Å². The Morgan fingerprint density at radius 2 is 1.62 bits per heavy atom. The molecule has 3 rings (SSSR count). The van der Waals surface area contributed by atoms with Crippen molar-refractivity contribution in [3.05, 3.63) is 34.4 Å². The number of aryl methyl sites for hydroxylation is 3. The predicted molar refractivity (Wildman–Crippen MR) is 89.7 cm³/mol. The Balaban J connectivity index is 1.53. The second-order valence-corrected chi connectivity index (χ2v) is 7.40. The lowest BCUT2D eigenvalue weighted by Gasteiger charge is -2.36. The number of fused-ring (bicyclic) bond motifs is 2. The van der Waals surface area contributed by atoms with E-state index in [9.17, 15) is 0 Å². The molecule has 1 aromatic carbocycles. The van der Waals surface area contributed by atoms with E-state index in [0.717, 1.165) is 24.5 Å². The monoisotopic (exact) mass is 286 g/mol. The number of piperidine rings is 1. The summed E-state index contributed by atoms with van der Waals surface area (Å²) >= 11 is 0. The van der Waals surface area contributed by atoms with E-state index in [1.807, 2.05) is 0 Å². The first kappa shape index (κ1) is 15.1. The van der Waals surface area contributed by atoms with Gasteiger partial charge in [0.05, 0.1) is 0 Å². The molecule has 0 radical (unpaired) electrons. The number of benzene rings is 1. The minimum absolute atomic E-state index is 0.860. The van der Waals surface area contributed by atoms with E-state index in [0.29, 0.717) is 0 Å². The molecule has 2 fully saturated rings. The molecule has 2 aliphatic heterocycles. The van der Waals surface area contributed by atoms with Gasteiger partial charge < -0.3 is 10.2 Å². The molecule has 0 spiro atoms. The highest BCUT2D eigenvalue weighted by Crippen LogP contribution is 2.37. The number of hydrogen-bond acceptors (Lipinski definition) is 2. The smallest absolute Gasteiger partial charge is 0.0210 e. The van der Waals surface area contributed by atoms with Gasteiger partial charge in [-0.3, -0.25) is 0 Å². The average Bonchev–Trinajstić information content (AvgIpc) is 2.64. The van der Waals surface area contributed by atoms with Crippen LogP contribution in [-0.2, 0) is 6.54 Å². The maximum atomic E-state index is 3.74. The molecule has 1 aromatic rings. The van der Waals surface area contributed by atoms with Gasteiger partial charge >= 0.3 is 0 Å². The van der Waals surface area contributed by atoms with E-state index in [-0.39, 0.29) is 0 Å². The van der Waals surface area contributed by atoms with Crippen LogP contribution in [0.3, 0.4) is 0 Å². The molecule has 116 valence electrons. The van der Waals surface area contributed by atoms with E-state index < -0.39 is 0 Å². The molecule has 2 aliphatic rings. The first-order chi connectivity index (χ1) is 10.0. The van der Waals surface area contributed by atoms with Crippen molar-refractivity contribution >= 4 is 0 Å². The van der Waals surface area contributed by atoms with Gasteiger partial charge in [-0.15, -0.1) is 0 Å². The molecule has 1 N–H and O–H groups in total. The number of nitrogens with zero attached hydrogens (tertiary/aromatic N) is 1. The summed E-state index contributed by atoms with van der Waals surface area (Å²) in [5, 5.41) is 3.74. The largest absolute Gasteiger partial charge is 0.312 e. The van der Waals surface area contributed by atoms with Crippen molar-refractivity contribution in [2.24, 2.45) is 5.92 Å². The third-order valence-corrected chi connectivity index (χ3v) is 5.77. The minimum atomic E-state index is 0.860. The molecule has 2 unspecified atom stereocenters. The average molecular weight is 286 g/mol. The van der Waals surface area contributed by atoms with Crippen LogP contribution in [0.2, 0.25) is 0 Å². The van der Waals surface area contributed by atoms with Crippen LogP contribution >= 0.6 is 0 Å². The van der Waals surface area contributed by atoms with Crippen LogP contribution in [0.1, 0.15) is 47.9 Å². The minimum Gasteiger partial charge on any atom is -0.312 e. The zero-order valence-electron chi connectivity index (χ0n) is 14.1. The molecular formula is C19H30N2. The van der Waals surface area contributed by atoms with Gasteiger partial charge in [0.15, 0.2) is 0 Å². The van der Waals surface area contributed by atoms with Gasteiger partial charge in [0.25, 0.3) is 0 Å². The zero-order valence-corrected chi connectivity index (χ0v) is 14.1. The second-order valence-electron chi connectivity index (χ2n) is 7.40. The SMILES string of the molecule is Cc1cc(C)c(CNCC2CC3CCC(C2)N3C)c(C)c1. The Morgan fingerprint density at radius 3 is 2.19 bits per heavy atom. The van der Waals surface area contributed by atoms with Crippen LogP contribution < -0.4 is 5.32 Å². The van der Waals surface area contributed by atoms with E-state index in [1.165, 1.54) is 54.5 Å². The molecule has 0 amide bonds. The fraction of sp³-hybridized carbons (Fsp3) is 0.684. The van der Waals surface area contributed by atoms with Crippen molar-refractivity contribution < 1.29 is 0 Å². The summed E-state index contributed by atoms with van der Waals surface area (Å²) in [7, 11) is 2.32. The maximum absolute atomic E-state index is 3.74. The Labute approximate surface area is 129 Å². The van der Waals surface area contributed by atoms with Gasteiger partial charge in [0, 0.05) is 18.6 Å². The molecule has 2 atom stereocenters. The highest BCUT2D eigenvalue weighted by molar-refractivity contribution is 5.37. The Hall–Kier alpha value is -0.860. The third-order valence-electron chi connectivity index (χ3n) is 5.77. The lowest BCUT2D eigenvalue weighted by Crippen LogP contribution is -2.42. The normalized spacial score (nSPS) is 29.0. The summed E-state index contributed by atoms with van der Waals surface area (Å²) in [6.07, 6.45) is 5.64. The van der Waals surface area contributed by atoms with Gasteiger partial charge in [-0.2, -0.15) is 0 Å². The van der Waals surface area contributed by atoms with Crippen LogP contribution in [0.15, 0.2) is 12.1 Å². The molecule has 2 bridgehead atoms. The second kappa shape index (κ2) is 6.10. The molecule has 0 aliphatic carbocycles. The van der Waals surface area contributed by atoms with Gasteiger partial charge in [-0.1, -0.05) is 17.7 Å². The van der Waals surface area contributed by atoms with Crippen molar-refractivity contribution in [1.82, 2.24) is 10.2 Å². The Kier molecular flexibility index (Phi) is 4.37. The standard InChI is InChI=1S/C19H30N2/c1-13-7-14(2)19(15(3)8-13)12-20-11-16-9-17-5-6-18(10-16)21(17)4/h7-8,16-18,20H,5-6,9-12H2,1-4H3. The summed E-state index contributed by atoms with van der Waals surface area (Å²) < 4.78 is 0. The van der Waals surface area contributed by atoms with Crippen molar-refractivity contribution in [3.8, 4) is 0 Å². The van der Waals surface area contributed by atoms with Gasteiger partial charge in [0.1, 0.15) is 0 Å². The molecule has 0 aromatic heterocycles. The van der Waals surface area contributed by atoms with E-state index in [4.69, 9.17) is 0 Å². The molecule has 0 saturated carbocycles. The summed E-state index contributed by atoms with van der Waals surface area (Å²) in [6, 6.07) is 6.33. The summed E-state index contributed by atoms with van der Waals surface area (Å²) in [6.45, 7) is 8.89. The summed E-state index contributed by atoms with van der Waals surface area (Å²) in [4.78, 5) is 2.63. The van der Waals surface area contributed by atoms with Gasteiger partial charge in [-0.25, -0.2) is 0 Å².